The van der Waals surface area contributed by atoms with Crippen LogP contribution in [0.2, 0.25) is 0 Å². The van der Waals surface area contributed by atoms with E-state index in [0.717, 1.165) is 0 Å². The van der Waals surface area contributed by atoms with Gasteiger partial charge in [-0.05, 0) is 0 Å². The van der Waals surface area contributed by atoms with Gasteiger partial charge in [-0.25, -0.2) is 0 Å². The van der Waals surface area contributed by atoms with E-state index in [9.17, 15) is 10.2 Å². The maximum atomic E-state index is 9.33. The fourth-order valence-corrected chi connectivity index (χ4v) is 1.42. The van der Waals surface area contributed by atoms with Gasteiger partial charge in [0.2, 0.25) is 0 Å². The van der Waals surface area contributed by atoms with Gasteiger partial charge in [0.15, 0.2) is 0 Å². The summed E-state index contributed by atoms with van der Waals surface area (Å²) in [6.07, 6.45) is -2.77. The van der Waals surface area contributed by atoms with E-state index in [1.807, 2.05) is 0 Å². The molecule has 0 radical (unpaired) electrons. The SMILES string of the molecule is NC[C@H]1OC(Cl)[C@H](N)[C@@H](O)[C@@H]1O. The molecule has 0 spiro atoms. The molecule has 5 nitrogen and oxygen atoms in total. The van der Waals surface area contributed by atoms with E-state index in [1.165, 1.54) is 0 Å². The summed E-state index contributed by atoms with van der Waals surface area (Å²) in [7, 11) is 0. The van der Waals surface area contributed by atoms with Gasteiger partial charge in [0.05, 0.1) is 6.04 Å². The molecule has 1 unspecified atom stereocenters. The van der Waals surface area contributed by atoms with Crippen molar-refractivity contribution in [2.24, 2.45) is 11.5 Å². The fraction of sp³-hybridized carbons (Fsp3) is 1.00. The number of ether oxygens (including phenoxy) is 1. The van der Waals surface area contributed by atoms with E-state index in [0.29, 0.717) is 0 Å². The number of aliphatic hydroxyl groups is 2. The largest absolute Gasteiger partial charge is 0.389 e. The fourth-order valence-electron chi connectivity index (χ4n) is 1.14. The lowest BCUT2D eigenvalue weighted by Crippen LogP contribution is -2.61. The van der Waals surface area contributed by atoms with Crippen LogP contribution in [-0.4, -0.2) is 46.7 Å². The second-order valence-electron chi connectivity index (χ2n) is 2.82. The van der Waals surface area contributed by atoms with Crippen molar-refractivity contribution in [2.45, 2.75) is 29.9 Å². The van der Waals surface area contributed by atoms with E-state index >= 15 is 0 Å². The Morgan fingerprint density at radius 3 is 2.42 bits per heavy atom. The minimum absolute atomic E-state index is 0.105. The van der Waals surface area contributed by atoms with Crippen LogP contribution in [0.4, 0.5) is 0 Å². The molecule has 5 atom stereocenters. The van der Waals surface area contributed by atoms with E-state index < -0.39 is 29.9 Å². The van der Waals surface area contributed by atoms with Crippen molar-refractivity contribution in [2.75, 3.05) is 6.54 Å². The maximum Gasteiger partial charge on any atom is 0.149 e. The molecule has 1 aliphatic rings. The summed E-state index contributed by atoms with van der Waals surface area (Å²) in [5.41, 5.74) is 9.89. The molecule has 1 rings (SSSR count). The molecule has 0 saturated carbocycles. The van der Waals surface area contributed by atoms with E-state index in [4.69, 9.17) is 27.8 Å². The third kappa shape index (κ3) is 1.71. The molecule has 1 heterocycles. The van der Waals surface area contributed by atoms with Gasteiger partial charge in [-0.1, -0.05) is 11.6 Å². The smallest absolute Gasteiger partial charge is 0.149 e. The topological polar surface area (TPSA) is 102 Å². The van der Waals surface area contributed by atoms with Crippen LogP contribution in [0.5, 0.6) is 0 Å². The van der Waals surface area contributed by atoms with Crippen molar-refractivity contribution in [3.63, 3.8) is 0 Å². The third-order valence-corrected chi connectivity index (χ3v) is 2.36. The molecule has 0 aromatic rings. The lowest BCUT2D eigenvalue weighted by atomic mass is 9.99. The predicted octanol–water partition coefficient (Wildman–Crippen LogP) is -2.04. The number of nitrogens with two attached hydrogens (primary N) is 2. The van der Waals surface area contributed by atoms with Crippen molar-refractivity contribution in [3.8, 4) is 0 Å². The number of hydrogen-bond donors (Lipinski definition) is 4. The van der Waals surface area contributed by atoms with Crippen LogP contribution in [0.3, 0.4) is 0 Å². The molecule has 0 amide bonds. The highest BCUT2D eigenvalue weighted by atomic mass is 35.5. The van der Waals surface area contributed by atoms with Gasteiger partial charge in [-0.3, -0.25) is 0 Å². The van der Waals surface area contributed by atoms with Crippen LogP contribution >= 0.6 is 11.6 Å². The summed E-state index contributed by atoms with van der Waals surface area (Å²) < 4.78 is 5.04. The minimum Gasteiger partial charge on any atom is -0.389 e. The lowest BCUT2D eigenvalue weighted by Gasteiger charge is -2.38. The van der Waals surface area contributed by atoms with Crippen molar-refractivity contribution in [1.29, 1.82) is 0 Å². The van der Waals surface area contributed by atoms with Crippen molar-refractivity contribution >= 4 is 11.6 Å². The van der Waals surface area contributed by atoms with Gasteiger partial charge in [0.1, 0.15) is 23.9 Å². The van der Waals surface area contributed by atoms with E-state index in [-0.39, 0.29) is 6.54 Å². The highest BCUT2D eigenvalue weighted by Crippen LogP contribution is 2.21. The molecule has 12 heavy (non-hydrogen) atoms. The van der Waals surface area contributed by atoms with Crippen LogP contribution in [0.1, 0.15) is 0 Å². The second-order valence-corrected chi connectivity index (χ2v) is 3.25. The first kappa shape index (κ1) is 10.2. The molecular weight excluding hydrogens is 184 g/mol. The van der Waals surface area contributed by atoms with Crippen molar-refractivity contribution in [3.05, 3.63) is 0 Å². The molecule has 6 heteroatoms. The Labute approximate surface area is 75.2 Å². The first-order valence-corrected chi connectivity index (χ1v) is 4.13. The van der Waals surface area contributed by atoms with Crippen molar-refractivity contribution in [1.82, 2.24) is 0 Å². The summed E-state index contributed by atoms with van der Waals surface area (Å²) >= 11 is 5.63. The monoisotopic (exact) mass is 196 g/mol. The Hall–Kier alpha value is 0.0900. The molecule has 0 aliphatic carbocycles. The van der Waals surface area contributed by atoms with Crippen LogP contribution in [-0.2, 0) is 4.74 Å². The Balaban J connectivity index is 2.63. The first-order valence-electron chi connectivity index (χ1n) is 3.69. The normalized spacial score (nSPS) is 49.2. The molecular formula is C6H13ClN2O3. The Bertz CT molecular complexity index is 155. The summed E-state index contributed by atoms with van der Waals surface area (Å²) in [4.78, 5) is 0. The standard InChI is InChI=1S/C6H13ClN2O3/c7-6-3(9)5(11)4(10)2(1-8)12-6/h2-6,10-11H,1,8-9H2/t2-,3-,4-,5-,6?/m1/s1. The van der Waals surface area contributed by atoms with Crippen LogP contribution < -0.4 is 11.5 Å². The zero-order chi connectivity index (χ0) is 9.30. The van der Waals surface area contributed by atoms with Crippen LogP contribution in [0.25, 0.3) is 0 Å². The lowest BCUT2D eigenvalue weighted by molar-refractivity contribution is -0.152. The maximum absolute atomic E-state index is 9.33. The number of alkyl halides is 1. The molecule has 1 saturated heterocycles. The van der Waals surface area contributed by atoms with Crippen LogP contribution in [0.15, 0.2) is 0 Å². The molecule has 0 bridgehead atoms. The summed E-state index contributed by atoms with van der Waals surface area (Å²) in [5, 5.41) is 18.7. The summed E-state index contributed by atoms with van der Waals surface area (Å²) in [5.74, 6) is 0. The van der Waals surface area contributed by atoms with Crippen molar-refractivity contribution < 1.29 is 14.9 Å². The summed E-state index contributed by atoms with van der Waals surface area (Å²) in [6.45, 7) is 0.105. The zero-order valence-corrected chi connectivity index (χ0v) is 7.19. The van der Waals surface area contributed by atoms with Gasteiger partial charge in [0, 0.05) is 6.54 Å². The number of halogens is 1. The molecule has 6 N–H and O–H groups in total. The third-order valence-electron chi connectivity index (χ3n) is 1.96. The predicted molar refractivity (Wildman–Crippen MR) is 43.6 cm³/mol. The van der Waals surface area contributed by atoms with Gasteiger partial charge in [0.25, 0.3) is 0 Å². The van der Waals surface area contributed by atoms with Gasteiger partial charge < -0.3 is 26.4 Å². The first-order chi connectivity index (χ1) is 5.57. The van der Waals surface area contributed by atoms with Crippen LogP contribution in [0, 0.1) is 0 Å². The molecule has 1 fully saturated rings. The molecule has 1 aliphatic heterocycles. The highest BCUT2D eigenvalue weighted by Gasteiger charge is 2.40. The number of rotatable bonds is 1. The highest BCUT2D eigenvalue weighted by molar-refractivity contribution is 6.20. The zero-order valence-electron chi connectivity index (χ0n) is 6.43. The quantitative estimate of drug-likeness (QED) is 0.362. The summed E-state index contributed by atoms with van der Waals surface area (Å²) in [6, 6.07) is -0.774. The van der Waals surface area contributed by atoms with Gasteiger partial charge in [-0.15, -0.1) is 0 Å². The second kappa shape index (κ2) is 3.87. The molecule has 72 valence electrons. The Morgan fingerprint density at radius 2 is 1.92 bits per heavy atom. The van der Waals surface area contributed by atoms with E-state index in [1.54, 1.807) is 0 Å². The Kier molecular flexibility index (Phi) is 3.28. The molecule has 0 aromatic heterocycles. The van der Waals surface area contributed by atoms with Gasteiger partial charge in [-0.2, -0.15) is 0 Å². The minimum atomic E-state index is -1.07. The average molecular weight is 197 g/mol. The average Bonchev–Trinajstić information content (AvgIpc) is 2.08. The van der Waals surface area contributed by atoms with E-state index in [2.05, 4.69) is 0 Å². The van der Waals surface area contributed by atoms with Gasteiger partial charge >= 0.3 is 0 Å². The number of hydrogen-bond acceptors (Lipinski definition) is 5. The Morgan fingerprint density at radius 1 is 1.33 bits per heavy atom. The molecule has 0 aromatic carbocycles. The number of aliphatic hydroxyl groups excluding tert-OH is 2.